The number of hydrogen-bond donors (Lipinski definition) is 1. The maximum Gasteiger partial charge on any atom is 0.276 e. The Balaban J connectivity index is 1.99. The van der Waals surface area contributed by atoms with Crippen LogP contribution in [0.5, 0.6) is 0 Å². The van der Waals surface area contributed by atoms with Gasteiger partial charge in [0.1, 0.15) is 11.5 Å². The highest BCUT2D eigenvalue weighted by Gasteiger charge is 2.28. The van der Waals surface area contributed by atoms with Gasteiger partial charge in [0.05, 0.1) is 17.6 Å². The van der Waals surface area contributed by atoms with E-state index in [9.17, 15) is 4.79 Å². The van der Waals surface area contributed by atoms with Crippen molar-refractivity contribution in [2.24, 2.45) is 5.92 Å². The molecule has 0 saturated heterocycles. The number of aromatic nitrogens is 2. The van der Waals surface area contributed by atoms with Gasteiger partial charge in [0, 0.05) is 26.1 Å². The van der Waals surface area contributed by atoms with Crippen molar-refractivity contribution >= 4 is 17.3 Å². The van der Waals surface area contributed by atoms with Crippen LogP contribution in [0.2, 0.25) is 0 Å². The molecule has 5 heteroatoms. The third kappa shape index (κ3) is 2.96. The second kappa shape index (κ2) is 6.07. The van der Waals surface area contributed by atoms with Crippen molar-refractivity contribution < 1.29 is 4.79 Å². The first kappa shape index (κ1) is 15.6. The van der Waals surface area contributed by atoms with Crippen LogP contribution in [0.25, 0.3) is 0 Å². The van der Waals surface area contributed by atoms with Gasteiger partial charge >= 0.3 is 0 Å². The van der Waals surface area contributed by atoms with Crippen LogP contribution in [0.3, 0.4) is 0 Å². The first-order valence-corrected chi connectivity index (χ1v) is 8.14. The van der Waals surface area contributed by atoms with E-state index in [1.807, 2.05) is 23.1 Å². The molecule has 122 valence electrons. The van der Waals surface area contributed by atoms with Crippen LogP contribution >= 0.6 is 0 Å². The Labute approximate surface area is 137 Å². The molecule has 1 amide bonds. The maximum absolute atomic E-state index is 13.0. The molecule has 1 N–H and O–H groups in total. The molecule has 0 radical (unpaired) electrons. The van der Waals surface area contributed by atoms with E-state index in [1.54, 1.807) is 6.20 Å². The van der Waals surface area contributed by atoms with Crippen molar-refractivity contribution in [2.45, 2.75) is 26.7 Å². The molecule has 23 heavy (non-hydrogen) atoms. The predicted molar refractivity (Wildman–Crippen MR) is 93.2 cm³/mol. The highest BCUT2D eigenvalue weighted by molar-refractivity contribution is 6.06. The number of rotatable bonds is 2. The van der Waals surface area contributed by atoms with Crippen molar-refractivity contribution in [1.82, 2.24) is 9.97 Å². The minimum atomic E-state index is -0.0148. The summed E-state index contributed by atoms with van der Waals surface area (Å²) >= 11 is 0. The van der Waals surface area contributed by atoms with Crippen LogP contribution in [0, 0.1) is 5.92 Å². The van der Waals surface area contributed by atoms with E-state index >= 15 is 0 Å². The molecule has 0 fully saturated rings. The van der Waals surface area contributed by atoms with Crippen molar-refractivity contribution in [2.75, 3.05) is 29.9 Å². The fourth-order valence-corrected chi connectivity index (χ4v) is 3.13. The number of H-pyrrole nitrogens is 1. The van der Waals surface area contributed by atoms with Crippen molar-refractivity contribution in [3.63, 3.8) is 0 Å². The Hall–Kier alpha value is -2.30. The molecule has 0 bridgehead atoms. The summed E-state index contributed by atoms with van der Waals surface area (Å²) in [5, 5.41) is 0. The average molecular weight is 312 g/mol. The SMILES string of the molecule is CC(C)c1ncc(C(=O)N2C[C@@H](C)CN(C)c3ccccc32)[nH]1. The summed E-state index contributed by atoms with van der Waals surface area (Å²) in [6.45, 7) is 7.93. The van der Waals surface area contributed by atoms with Gasteiger partial charge in [0.15, 0.2) is 0 Å². The number of imidazole rings is 1. The number of nitrogens with zero attached hydrogens (tertiary/aromatic N) is 3. The molecule has 2 heterocycles. The fourth-order valence-electron chi connectivity index (χ4n) is 3.13. The minimum Gasteiger partial charge on any atom is -0.373 e. The van der Waals surface area contributed by atoms with Gasteiger partial charge in [-0.25, -0.2) is 4.98 Å². The van der Waals surface area contributed by atoms with E-state index < -0.39 is 0 Å². The van der Waals surface area contributed by atoms with Gasteiger partial charge in [0.25, 0.3) is 5.91 Å². The molecular formula is C18H24N4O. The zero-order valence-corrected chi connectivity index (χ0v) is 14.2. The summed E-state index contributed by atoms with van der Waals surface area (Å²) in [5.41, 5.74) is 2.61. The third-order valence-electron chi connectivity index (χ3n) is 4.28. The van der Waals surface area contributed by atoms with Crippen LogP contribution in [0.4, 0.5) is 11.4 Å². The molecule has 0 spiro atoms. The first-order chi connectivity index (χ1) is 11.0. The van der Waals surface area contributed by atoms with Crippen molar-refractivity contribution in [3.8, 4) is 0 Å². The van der Waals surface area contributed by atoms with Crippen LogP contribution < -0.4 is 9.80 Å². The van der Waals surface area contributed by atoms with Crippen LogP contribution in [-0.2, 0) is 0 Å². The van der Waals surface area contributed by atoms with Gasteiger partial charge in [-0.3, -0.25) is 4.79 Å². The van der Waals surface area contributed by atoms with Crippen LogP contribution in [0.15, 0.2) is 30.5 Å². The second-order valence-corrected chi connectivity index (χ2v) is 6.73. The van der Waals surface area contributed by atoms with Gasteiger partial charge in [0.2, 0.25) is 0 Å². The average Bonchev–Trinajstić information content (AvgIpc) is 2.97. The van der Waals surface area contributed by atoms with Gasteiger partial charge in [-0.05, 0) is 18.1 Å². The van der Waals surface area contributed by atoms with E-state index in [0.29, 0.717) is 18.2 Å². The molecular weight excluding hydrogens is 288 g/mol. The molecule has 1 aliphatic rings. The van der Waals surface area contributed by atoms with Crippen molar-refractivity contribution in [3.05, 3.63) is 42.0 Å². The second-order valence-electron chi connectivity index (χ2n) is 6.73. The smallest absolute Gasteiger partial charge is 0.276 e. The van der Waals surface area contributed by atoms with Crippen LogP contribution in [0.1, 0.15) is 43.0 Å². The molecule has 0 unspecified atom stereocenters. The normalized spacial score (nSPS) is 18.0. The molecule has 1 aromatic heterocycles. The fraction of sp³-hybridized carbons (Fsp3) is 0.444. The number of hydrogen-bond acceptors (Lipinski definition) is 3. The van der Waals surface area contributed by atoms with Gasteiger partial charge in [-0.2, -0.15) is 0 Å². The quantitative estimate of drug-likeness (QED) is 0.926. The Bertz CT molecular complexity index is 707. The van der Waals surface area contributed by atoms with Crippen molar-refractivity contribution in [1.29, 1.82) is 0 Å². The molecule has 1 aliphatic heterocycles. The lowest BCUT2D eigenvalue weighted by Gasteiger charge is -2.24. The summed E-state index contributed by atoms with van der Waals surface area (Å²) in [5.74, 6) is 1.50. The number of carbonyl (C=O) groups excluding carboxylic acids is 1. The summed E-state index contributed by atoms with van der Waals surface area (Å²) < 4.78 is 0. The molecule has 5 nitrogen and oxygen atoms in total. The summed E-state index contributed by atoms with van der Waals surface area (Å²) in [7, 11) is 2.08. The number of nitrogens with one attached hydrogen (secondary N) is 1. The zero-order valence-electron chi connectivity index (χ0n) is 14.2. The first-order valence-electron chi connectivity index (χ1n) is 8.14. The summed E-state index contributed by atoms with van der Waals surface area (Å²) in [6, 6.07) is 8.08. The zero-order chi connectivity index (χ0) is 16.6. The minimum absolute atomic E-state index is 0.0148. The largest absolute Gasteiger partial charge is 0.373 e. The van der Waals surface area contributed by atoms with E-state index in [1.165, 1.54) is 0 Å². The number of anilines is 2. The molecule has 0 aliphatic carbocycles. The maximum atomic E-state index is 13.0. The predicted octanol–water partition coefficient (Wildman–Crippen LogP) is 3.27. The highest BCUT2D eigenvalue weighted by atomic mass is 16.2. The highest BCUT2D eigenvalue weighted by Crippen LogP contribution is 2.33. The lowest BCUT2D eigenvalue weighted by Crippen LogP contribution is -2.35. The number of benzene rings is 1. The lowest BCUT2D eigenvalue weighted by atomic mass is 10.1. The van der Waals surface area contributed by atoms with Gasteiger partial charge in [-0.1, -0.05) is 32.9 Å². The Morgan fingerprint density at radius 2 is 1.96 bits per heavy atom. The number of carbonyl (C=O) groups is 1. The van der Waals surface area contributed by atoms with Gasteiger partial charge in [-0.15, -0.1) is 0 Å². The van der Waals surface area contributed by atoms with Gasteiger partial charge < -0.3 is 14.8 Å². The molecule has 1 aromatic carbocycles. The number of fused-ring (bicyclic) bond motifs is 1. The van der Waals surface area contributed by atoms with E-state index in [4.69, 9.17) is 0 Å². The Morgan fingerprint density at radius 3 is 2.61 bits per heavy atom. The Kier molecular flexibility index (Phi) is 4.11. The molecule has 0 saturated carbocycles. The standard InChI is InChI=1S/C18H24N4O/c1-12(2)17-19-9-14(20-17)18(23)22-11-13(3)10-21(4)15-7-5-6-8-16(15)22/h5-9,12-13H,10-11H2,1-4H3,(H,19,20)/t13-/m0/s1. The number of amides is 1. The topological polar surface area (TPSA) is 52.2 Å². The molecule has 2 aromatic rings. The summed E-state index contributed by atoms with van der Waals surface area (Å²) in [4.78, 5) is 24.6. The number of para-hydroxylation sites is 2. The van der Waals surface area contributed by atoms with E-state index in [-0.39, 0.29) is 11.8 Å². The number of aromatic amines is 1. The monoisotopic (exact) mass is 312 g/mol. The molecule has 1 atom stereocenters. The lowest BCUT2D eigenvalue weighted by molar-refractivity contribution is 0.0980. The third-order valence-corrected chi connectivity index (χ3v) is 4.28. The summed E-state index contributed by atoms with van der Waals surface area (Å²) in [6.07, 6.45) is 1.65. The van der Waals surface area contributed by atoms with E-state index in [0.717, 1.165) is 23.7 Å². The molecule has 3 rings (SSSR count). The van der Waals surface area contributed by atoms with Crippen LogP contribution in [-0.4, -0.2) is 36.0 Å². The Morgan fingerprint density at radius 1 is 1.26 bits per heavy atom. The van der Waals surface area contributed by atoms with E-state index in [2.05, 4.69) is 48.8 Å².